The lowest BCUT2D eigenvalue weighted by molar-refractivity contribution is -0.138. The molecule has 2 rings (SSSR count). The molecule has 0 spiro atoms. The molecule has 0 bridgehead atoms. The minimum absolute atomic E-state index is 0.00232. The first kappa shape index (κ1) is 12.4. The van der Waals surface area contributed by atoms with Crippen LogP contribution in [0.2, 0.25) is 0 Å². The predicted octanol–water partition coefficient (Wildman–Crippen LogP) is 0.636. The van der Waals surface area contributed by atoms with Crippen molar-refractivity contribution in [3.05, 3.63) is 30.1 Å². The maximum atomic E-state index is 11.8. The highest BCUT2D eigenvalue weighted by atomic mass is 16.2. The third-order valence-corrected chi connectivity index (χ3v) is 2.95. The van der Waals surface area contributed by atoms with Gasteiger partial charge in [0.25, 0.3) is 0 Å². The van der Waals surface area contributed by atoms with Gasteiger partial charge in [-0.2, -0.15) is 0 Å². The number of hydrogen-bond donors (Lipinski definition) is 1. The van der Waals surface area contributed by atoms with Gasteiger partial charge in [-0.05, 0) is 18.1 Å². The second-order valence-corrected chi connectivity index (χ2v) is 4.43. The molecule has 1 aliphatic rings. The van der Waals surface area contributed by atoms with E-state index in [4.69, 9.17) is 0 Å². The number of hydrogen-bond acceptors (Lipinski definition) is 4. The van der Waals surface area contributed by atoms with Gasteiger partial charge >= 0.3 is 0 Å². The molecule has 94 valence electrons. The molecule has 2 amide bonds. The van der Waals surface area contributed by atoms with Gasteiger partial charge in [0.15, 0.2) is 0 Å². The summed E-state index contributed by atoms with van der Waals surface area (Å²) >= 11 is 0. The Bertz CT molecular complexity index is 470. The molecule has 1 aromatic heterocycles. The number of carbonyl (C=O) groups is 3. The van der Waals surface area contributed by atoms with E-state index in [1.807, 2.05) is 6.07 Å². The van der Waals surface area contributed by atoms with Crippen molar-refractivity contribution in [3.63, 3.8) is 0 Å². The van der Waals surface area contributed by atoms with Crippen molar-refractivity contribution in [1.82, 2.24) is 10.3 Å². The standard InChI is InChI=1S/C13H14N2O3/c16-11(6-9-2-1-5-14-8-9)7-10-3-4-12(17)15-13(10)18/h1-2,5,8,10H,3-4,6-7H2,(H,15,17,18)/t10-/m1/s1. The van der Waals surface area contributed by atoms with Crippen molar-refractivity contribution in [1.29, 1.82) is 0 Å². The van der Waals surface area contributed by atoms with Crippen LogP contribution < -0.4 is 5.32 Å². The van der Waals surface area contributed by atoms with Crippen molar-refractivity contribution in [3.8, 4) is 0 Å². The first-order valence-corrected chi connectivity index (χ1v) is 5.89. The summed E-state index contributed by atoms with van der Waals surface area (Å²) in [5.74, 6) is -0.953. The molecular weight excluding hydrogens is 232 g/mol. The van der Waals surface area contributed by atoms with Crippen molar-refractivity contribution >= 4 is 17.6 Å². The van der Waals surface area contributed by atoms with E-state index in [9.17, 15) is 14.4 Å². The lowest BCUT2D eigenvalue weighted by Crippen LogP contribution is -2.41. The number of piperidine rings is 1. The average molecular weight is 246 g/mol. The van der Waals surface area contributed by atoms with Crippen LogP contribution in [0.15, 0.2) is 24.5 Å². The number of ketones is 1. The Morgan fingerprint density at radius 2 is 2.28 bits per heavy atom. The van der Waals surface area contributed by atoms with E-state index in [0.717, 1.165) is 5.56 Å². The average Bonchev–Trinajstić information content (AvgIpc) is 2.34. The zero-order chi connectivity index (χ0) is 13.0. The molecule has 1 N–H and O–H groups in total. The monoisotopic (exact) mass is 246 g/mol. The van der Waals surface area contributed by atoms with Crippen LogP contribution in [0, 0.1) is 5.92 Å². The van der Waals surface area contributed by atoms with Gasteiger partial charge in [-0.15, -0.1) is 0 Å². The number of imide groups is 1. The fourth-order valence-electron chi connectivity index (χ4n) is 2.01. The van der Waals surface area contributed by atoms with Gasteiger partial charge in [-0.3, -0.25) is 24.7 Å². The number of rotatable bonds is 4. The van der Waals surface area contributed by atoms with E-state index < -0.39 is 0 Å². The third kappa shape index (κ3) is 3.23. The highest BCUT2D eigenvalue weighted by molar-refractivity contribution is 6.00. The van der Waals surface area contributed by atoms with Crippen LogP contribution >= 0.6 is 0 Å². The number of nitrogens with zero attached hydrogens (tertiary/aromatic N) is 1. The highest BCUT2D eigenvalue weighted by Gasteiger charge is 2.28. The summed E-state index contributed by atoms with van der Waals surface area (Å²) in [5, 5.41) is 2.26. The summed E-state index contributed by atoms with van der Waals surface area (Å²) in [6.07, 6.45) is 4.54. The predicted molar refractivity (Wildman–Crippen MR) is 63.4 cm³/mol. The van der Waals surface area contributed by atoms with E-state index in [-0.39, 0.29) is 36.4 Å². The van der Waals surface area contributed by atoms with Crippen LogP contribution in [0.4, 0.5) is 0 Å². The fourth-order valence-corrected chi connectivity index (χ4v) is 2.01. The molecular formula is C13H14N2O3. The molecule has 0 radical (unpaired) electrons. The molecule has 0 saturated carbocycles. The normalized spacial score (nSPS) is 19.4. The summed E-state index contributed by atoms with van der Waals surface area (Å²) in [6.45, 7) is 0. The van der Waals surface area contributed by atoms with E-state index in [2.05, 4.69) is 10.3 Å². The Hall–Kier alpha value is -2.04. The number of aromatic nitrogens is 1. The topological polar surface area (TPSA) is 76.1 Å². The first-order valence-electron chi connectivity index (χ1n) is 5.89. The highest BCUT2D eigenvalue weighted by Crippen LogP contribution is 2.17. The van der Waals surface area contributed by atoms with Gasteiger partial charge in [0.2, 0.25) is 11.8 Å². The van der Waals surface area contributed by atoms with Crippen molar-refractivity contribution < 1.29 is 14.4 Å². The van der Waals surface area contributed by atoms with Crippen molar-refractivity contribution in [2.24, 2.45) is 5.92 Å². The number of Topliss-reactive ketones (excluding diaryl/α,β-unsaturated/α-hetero) is 1. The Morgan fingerprint density at radius 1 is 1.44 bits per heavy atom. The minimum atomic E-state index is -0.369. The smallest absolute Gasteiger partial charge is 0.230 e. The summed E-state index contributed by atoms with van der Waals surface area (Å²) < 4.78 is 0. The summed E-state index contributed by atoms with van der Waals surface area (Å²) in [4.78, 5) is 38.2. The van der Waals surface area contributed by atoms with Crippen molar-refractivity contribution in [2.45, 2.75) is 25.7 Å². The molecule has 0 aliphatic carbocycles. The molecule has 2 heterocycles. The van der Waals surface area contributed by atoms with Gasteiger partial charge in [0, 0.05) is 37.6 Å². The van der Waals surface area contributed by atoms with Crippen LogP contribution in [-0.2, 0) is 20.8 Å². The van der Waals surface area contributed by atoms with Crippen molar-refractivity contribution in [2.75, 3.05) is 0 Å². The summed E-state index contributed by atoms with van der Waals surface area (Å²) in [7, 11) is 0. The Balaban J connectivity index is 1.88. The molecule has 0 aromatic carbocycles. The molecule has 18 heavy (non-hydrogen) atoms. The molecule has 1 atom stereocenters. The molecule has 0 unspecified atom stereocenters. The molecule has 1 aromatic rings. The Morgan fingerprint density at radius 3 is 2.94 bits per heavy atom. The quantitative estimate of drug-likeness (QED) is 0.791. The summed E-state index contributed by atoms with van der Waals surface area (Å²) in [6, 6.07) is 3.60. The SMILES string of the molecule is O=C(Cc1cccnc1)C[C@H]1CCC(=O)NC1=O. The second-order valence-electron chi connectivity index (χ2n) is 4.43. The first-order chi connectivity index (χ1) is 8.65. The Labute approximate surface area is 105 Å². The van der Waals surface area contributed by atoms with Gasteiger partial charge < -0.3 is 0 Å². The molecule has 1 saturated heterocycles. The zero-order valence-corrected chi connectivity index (χ0v) is 9.89. The number of carbonyl (C=O) groups excluding carboxylic acids is 3. The van der Waals surface area contributed by atoms with Gasteiger partial charge in [-0.25, -0.2) is 0 Å². The molecule has 1 fully saturated rings. The van der Waals surface area contributed by atoms with Crippen LogP contribution in [0.3, 0.4) is 0 Å². The summed E-state index contributed by atoms with van der Waals surface area (Å²) in [5.41, 5.74) is 0.842. The lowest BCUT2D eigenvalue weighted by Gasteiger charge is -2.19. The maximum absolute atomic E-state index is 11.8. The number of nitrogens with one attached hydrogen (secondary N) is 1. The van der Waals surface area contributed by atoms with E-state index in [0.29, 0.717) is 12.8 Å². The van der Waals surface area contributed by atoms with Crippen LogP contribution in [0.1, 0.15) is 24.8 Å². The third-order valence-electron chi connectivity index (χ3n) is 2.95. The van der Waals surface area contributed by atoms with Gasteiger partial charge in [0.05, 0.1) is 0 Å². The van der Waals surface area contributed by atoms with Gasteiger partial charge in [-0.1, -0.05) is 6.07 Å². The maximum Gasteiger partial charge on any atom is 0.230 e. The molecule has 1 aliphatic heterocycles. The van der Waals surface area contributed by atoms with Crippen LogP contribution in [0.25, 0.3) is 0 Å². The minimum Gasteiger partial charge on any atom is -0.299 e. The number of amides is 2. The Kier molecular flexibility index (Phi) is 3.82. The van der Waals surface area contributed by atoms with E-state index in [1.165, 1.54) is 0 Å². The second kappa shape index (κ2) is 5.53. The van der Waals surface area contributed by atoms with E-state index >= 15 is 0 Å². The fraction of sp³-hybridized carbons (Fsp3) is 0.385. The van der Waals surface area contributed by atoms with E-state index in [1.54, 1.807) is 18.5 Å². The van der Waals surface area contributed by atoms with Crippen LogP contribution in [0.5, 0.6) is 0 Å². The largest absolute Gasteiger partial charge is 0.299 e. The number of pyridine rings is 1. The molecule has 5 nitrogen and oxygen atoms in total. The lowest BCUT2D eigenvalue weighted by atomic mass is 9.91. The van der Waals surface area contributed by atoms with Crippen LogP contribution in [-0.4, -0.2) is 22.6 Å². The molecule has 5 heteroatoms. The zero-order valence-electron chi connectivity index (χ0n) is 9.89. The van der Waals surface area contributed by atoms with Gasteiger partial charge in [0.1, 0.15) is 5.78 Å².